The van der Waals surface area contributed by atoms with Crippen LogP contribution < -0.4 is 5.32 Å². The van der Waals surface area contributed by atoms with Crippen molar-refractivity contribution in [2.45, 2.75) is 49.1 Å². The van der Waals surface area contributed by atoms with Crippen LogP contribution in [-0.4, -0.2) is 43.5 Å². The maximum Gasteiger partial charge on any atom is 0.407 e. The minimum Gasteiger partial charge on any atom is -0.444 e. The van der Waals surface area contributed by atoms with Gasteiger partial charge in [-0.15, -0.1) is 0 Å². The number of hydrogen-bond acceptors (Lipinski definition) is 4. The van der Waals surface area contributed by atoms with E-state index >= 15 is 0 Å². The van der Waals surface area contributed by atoms with E-state index in [0.29, 0.717) is 18.3 Å². The van der Waals surface area contributed by atoms with Crippen LogP contribution in [0.2, 0.25) is 0 Å². The third-order valence-electron chi connectivity index (χ3n) is 3.56. The Balaban J connectivity index is 2.02. The molecule has 0 aromatic heterocycles. The number of rotatable bonds is 4. The van der Waals surface area contributed by atoms with Crippen molar-refractivity contribution < 1.29 is 17.9 Å². The number of carbonyl (C=O) groups excluding carboxylic acids is 1. The van der Waals surface area contributed by atoms with Crippen LogP contribution in [0.3, 0.4) is 0 Å². The van der Waals surface area contributed by atoms with E-state index in [-0.39, 0.29) is 17.5 Å². The maximum absolute atomic E-state index is 12.7. The highest BCUT2D eigenvalue weighted by Crippen LogP contribution is 2.23. The van der Waals surface area contributed by atoms with E-state index in [1.807, 2.05) is 6.07 Å². The van der Waals surface area contributed by atoms with Crippen molar-refractivity contribution in [2.75, 3.05) is 13.1 Å². The number of nitrogens with one attached hydrogen (secondary N) is 1. The van der Waals surface area contributed by atoms with Crippen molar-refractivity contribution in [3.05, 3.63) is 29.8 Å². The number of carbonyl (C=O) groups is 1. The summed E-state index contributed by atoms with van der Waals surface area (Å²) in [6.45, 7) is 5.99. The van der Waals surface area contributed by atoms with Gasteiger partial charge in [-0.25, -0.2) is 13.2 Å². The zero-order chi connectivity index (χ0) is 18.0. The van der Waals surface area contributed by atoms with Gasteiger partial charge in [0.15, 0.2) is 0 Å². The zero-order valence-corrected chi connectivity index (χ0v) is 16.5. The Morgan fingerprint density at radius 3 is 2.75 bits per heavy atom. The molecule has 1 aliphatic rings. The van der Waals surface area contributed by atoms with Crippen molar-refractivity contribution in [1.29, 1.82) is 0 Å². The fourth-order valence-corrected chi connectivity index (χ4v) is 4.40. The average molecular weight is 419 g/mol. The maximum atomic E-state index is 12.7. The fourth-order valence-electron chi connectivity index (χ4n) is 2.48. The Morgan fingerprint density at radius 1 is 1.42 bits per heavy atom. The van der Waals surface area contributed by atoms with Crippen molar-refractivity contribution in [3.63, 3.8) is 0 Å². The van der Waals surface area contributed by atoms with E-state index < -0.39 is 21.7 Å². The van der Waals surface area contributed by atoms with Gasteiger partial charge in [0.1, 0.15) is 5.60 Å². The van der Waals surface area contributed by atoms with Crippen molar-refractivity contribution in [1.82, 2.24) is 9.62 Å². The van der Waals surface area contributed by atoms with Gasteiger partial charge in [-0.2, -0.15) is 4.31 Å². The van der Waals surface area contributed by atoms with Gasteiger partial charge in [0, 0.05) is 24.5 Å². The van der Waals surface area contributed by atoms with Gasteiger partial charge in [-0.05, 0) is 44.9 Å². The smallest absolute Gasteiger partial charge is 0.407 e. The Kier molecular flexibility index (Phi) is 5.93. The second-order valence-electron chi connectivity index (χ2n) is 6.78. The molecule has 1 aromatic rings. The lowest BCUT2D eigenvalue weighted by atomic mass is 10.2. The highest BCUT2D eigenvalue weighted by atomic mass is 79.9. The first-order valence-electron chi connectivity index (χ1n) is 7.76. The number of hydrogen-bond donors (Lipinski definition) is 1. The average Bonchev–Trinajstić information content (AvgIpc) is 2.94. The van der Waals surface area contributed by atoms with E-state index in [1.165, 1.54) is 4.31 Å². The van der Waals surface area contributed by atoms with Gasteiger partial charge in [0.2, 0.25) is 10.0 Å². The van der Waals surface area contributed by atoms with E-state index in [2.05, 4.69) is 21.2 Å². The number of alkyl halides is 1. The summed E-state index contributed by atoms with van der Waals surface area (Å²) in [5.74, 6) is 0. The summed E-state index contributed by atoms with van der Waals surface area (Å²) in [5.41, 5.74) is 0.323. The summed E-state index contributed by atoms with van der Waals surface area (Å²) in [4.78, 5) is 12.1. The third kappa shape index (κ3) is 4.94. The highest BCUT2D eigenvalue weighted by molar-refractivity contribution is 9.08. The lowest BCUT2D eigenvalue weighted by Gasteiger charge is -2.22. The summed E-state index contributed by atoms with van der Waals surface area (Å²) in [5, 5.41) is 3.33. The van der Waals surface area contributed by atoms with E-state index in [1.54, 1.807) is 39.0 Å². The van der Waals surface area contributed by atoms with Crippen LogP contribution in [0.25, 0.3) is 0 Å². The van der Waals surface area contributed by atoms with Crippen molar-refractivity contribution >= 4 is 32.0 Å². The van der Waals surface area contributed by atoms with Gasteiger partial charge < -0.3 is 10.1 Å². The number of alkyl carbamates (subject to hydrolysis) is 1. The Morgan fingerprint density at radius 2 is 2.12 bits per heavy atom. The minimum atomic E-state index is -3.55. The molecule has 1 atom stereocenters. The third-order valence-corrected chi connectivity index (χ3v) is 6.07. The number of benzene rings is 1. The number of halogens is 1. The van der Waals surface area contributed by atoms with Gasteiger partial charge in [0.05, 0.1) is 4.90 Å². The molecule has 1 fully saturated rings. The molecule has 1 amide bonds. The van der Waals surface area contributed by atoms with Gasteiger partial charge in [-0.1, -0.05) is 28.1 Å². The predicted molar refractivity (Wildman–Crippen MR) is 95.6 cm³/mol. The summed E-state index contributed by atoms with van der Waals surface area (Å²) >= 11 is 3.33. The summed E-state index contributed by atoms with van der Waals surface area (Å²) in [6, 6.07) is 6.61. The van der Waals surface area contributed by atoms with E-state index in [9.17, 15) is 13.2 Å². The summed E-state index contributed by atoms with van der Waals surface area (Å²) < 4.78 is 32.1. The molecule has 24 heavy (non-hydrogen) atoms. The van der Waals surface area contributed by atoms with Gasteiger partial charge >= 0.3 is 6.09 Å². The van der Waals surface area contributed by atoms with Crippen LogP contribution in [0.4, 0.5) is 4.79 Å². The Hall–Kier alpha value is -1.12. The molecular weight excluding hydrogens is 396 g/mol. The van der Waals surface area contributed by atoms with Crippen LogP contribution in [0.15, 0.2) is 29.2 Å². The van der Waals surface area contributed by atoms with Crippen LogP contribution in [-0.2, 0) is 20.1 Å². The quantitative estimate of drug-likeness (QED) is 0.762. The molecule has 0 bridgehead atoms. The molecule has 6 nitrogen and oxygen atoms in total. The lowest BCUT2D eigenvalue weighted by molar-refractivity contribution is 0.0507. The highest BCUT2D eigenvalue weighted by Gasteiger charge is 2.34. The molecule has 0 saturated carbocycles. The number of sulfonamides is 1. The molecule has 134 valence electrons. The molecule has 1 aromatic carbocycles. The van der Waals surface area contributed by atoms with E-state index in [0.717, 1.165) is 5.56 Å². The second-order valence-corrected chi connectivity index (χ2v) is 9.27. The Labute approximate surface area is 151 Å². The predicted octanol–water partition coefficient (Wildman–Crippen LogP) is 2.87. The van der Waals surface area contributed by atoms with Crippen LogP contribution >= 0.6 is 15.9 Å². The van der Waals surface area contributed by atoms with Crippen LogP contribution in [0, 0.1) is 0 Å². The summed E-state index contributed by atoms with van der Waals surface area (Å²) in [7, 11) is -3.55. The molecule has 1 saturated heterocycles. The Bertz CT molecular complexity index is 700. The largest absolute Gasteiger partial charge is 0.444 e. The molecule has 1 aliphatic heterocycles. The van der Waals surface area contributed by atoms with Crippen molar-refractivity contribution in [3.8, 4) is 0 Å². The zero-order valence-electron chi connectivity index (χ0n) is 14.1. The first-order valence-corrected chi connectivity index (χ1v) is 10.3. The fraction of sp³-hybridized carbons (Fsp3) is 0.562. The number of ether oxygens (including phenoxy) is 1. The minimum absolute atomic E-state index is 0.242. The summed E-state index contributed by atoms with van der Waals surface area (Å²) in [6.07, 6.45) is 0.0457. The van der Waals surface area contributed by atoms with Crippen molar-refractivity contribution in [2.24, 2.45) is 0 Å². The molecule has 1 unspecified atom stereocenters. The van der Waals surface area contributed by atoms with Crippen LogP contribution in [0.5, 0.6) is 0 Å². The van der Waals surface area contributed by atoms with Gasteiger partial charge in [-0.3, -0.25) is 0 Å². The molecule has 8 heteroatoms. The standard InChI is InChI=1S/C16H23BrN2O4S/c1-16(2,3)23-15(20)18-13-7-8-19(11-13)24(21,22)14-6-4-5-12(9-14)10-17/h4-6,9,13H,7-8,10-11H2,1-3H3,(H,18,20). The molecule has 0 radical (unpaired) electrons. The van der Waals surface area contributed by atoms with Gasteiger partial charge in [0.25, 0.3) is 0 Å². The first-order chi connectivity index (χ1) is 11.1. The molecule has 1 heterocycles. The SMILES string of the molecule is CC(C)(C)OC(=O)NC1CCN(S(=O)(=O)c2cccc(CBr)c2)C1. The topological polar surface area (TPSA) is 75.7 Å². The second kappa shape index (κ2) is 7.41. The monoisotopic (exact) mass is 418 g/mol. The number of amides is 1. The van der Waals surface area contributed by atoms with E-state index in [4.69, 9.17) is 4.74 Å². The molecule has 0 aliphatic carbocycles. The molecule has 0 spiro atoms. The number of nitrogens with zero attached hydrogens (tertiary/aromatic N) is 1. The normalized spacial score (nSPS) is 19.2. The molecular formula is C16H23BrN2O4S. The molecule has 2 rings (SSSR count). The van der Waals surface area contributed by atoms with Crippen LogP contribution in [0.1, 0.15) is 32.8 Å². The molecule has 1 N–H and O–H groups in total. The first kappa shape index (κ1) is 19.2. The lowest BCUT2D eigenvalue weighted by Crippen LogP contribution is -2.41.